The minimum atomic E-state index is -0.387. The highest BCUT2D eigenvalue weighted by molar-refractivity contribution is 5.74. The van der Waals surface area contributed by atoms with Crippen LogP contribution >= 0.6 is 0 Å². The SMILES string of the molecule is Cc1ccc(C)c(-c2nnn(-c3ccccc3F)c2N)c1. The molecule has 2 N–H and O–H groups in total. The van der Waals surface area contributed by atoms with Gasteiger partial charge < -0.3 is 5.73 Å². The molecule has 1 aromatic heterocycles. The molecule has 0 atom stereocenters. The van der Waals surface area contributed by atoms with Gasteiger partial charge in [0.2, 0.25) is 0 Å². The Labute approximate surface area is 122 Å². The van der Waals surface area contributed by atoms with Crippen LogP contribution in [0.5, 0.6) is 0 Å². The van der Waals surface area contributed by atoms with Crippen molar-refractivity contribution in [1.29, 1.82) is 0 Å². The molecule has 0 amide bonds. The first kappa shape index (κ1) is 13.3. The fourth-order valence-corrected chi connectivity index (χ4v) is 2.27. The maximum Gasteiger partial charge on any atom is 0.156 e. The van der Waals surface area contributed by atoms with E-state index in [-0.39, 0.29) is 5.82 Å². The summed E-state index contributed by atoms with van der Waals surface area (Å²) in [5.41, 5.74) is 10.1. The number of para-hydroxylation sites is 1. The Morgan fingerprint density at radius 3 is 2.62 bits per heavy atom. The van der Waals surface area contributed by atoms with E-state index in [1.165, 1.54) is 10.7 Å². The van der Waals surface area contributed by atoms with Gasteiger partial charge in [-0.25, -0.2) is 4.39 Å². The number of nitrogens with two attached hydrogens (primary N) is 1. The van der Waals surface area contributed by atoms with E-state index >= 15 is 0 Å². The van der Waals surface area contributed by atoms with E-state index in [2.05, 4.69) is 10.3 Å². The molecule has 0 spiro atoms. The number of hydrogen-bond acceptors (Lipinski definition) is 3. The molecule has 0 aliphatic rings. The highest BCUT2D eigenvalue weighted by atomic mass is 19.1. The van der Waals surface area contributed by atoms with Gasteiger partial charge in [0.15, 0.2) is 5.82 Å². The quantitative estimate of drug-likeness (QED) is 0.784. The van der Waals surface area contributed by atoms with Crippen molar-refractivity contribution in [3.8, 4) is 16.9 Å². The monoisotopic (exact) mass is 282 g/mol. The summed E-state index contributed by atoms with van der Waals surface area (Å²) in [5.74, 6) is -0.0598. The van der Waals surface area contributed by atoms with Crippen LogP contribution in [0, 0.1) is 19.7 Å². The highest BCUT2D eigenvalue weighted by Gasteiger charge is 2.16. The van der Waals surface area contributed by atoms with E-state index in [9.17, 15) is 4.39 Å². The fraction of sp³-hybridized carbons (Fsp3) is 0.125. The summed E-state index contributed by atoms with van der Waals surface area (Å²) in [6.45, 7) is 3.98. The number of nitrogen functional groups attached to an aromatic ring is 1. The van der Waals surface area contributed by atoms with E-state index < -0.39 is 0 Å². The Morgan fingerprint density at radius 2 is 1.86 bits per heavy atom. The maximum atomic E-state index is 13.9. The molecule has 5 heteroatoms. The van der Waals surface area contributed by atoms with E-state index in [0.717, 1.165) is 16.7 Å². The molecule has 0 bridgehead atoms. The average Bonchev–Trinajstić information content (AvgIpc) is 2.84. The van der Waals surface area contributed by atoms with Gasteiger partial charge in [0, 0.05) is 5.56 Å². The van der Waals surface area contributed by atoms with Crippen LogP contribution in [0.3, 0.4) is 0 Å². The van der Waals surface area contributed by atoms with Crippen LogP contribution in [0.25, 0.3) is 16.9 Å². The van der Waals surface area contributed by atoms with E-state index in [4.69, 9.17) is 5.73 Å². The number of anilines is 1. The molecule has 3 rings (SSSR count). The van der Waals surface area contributed by atoms with Crippen molar-refractivity contribution < 1.29 is 4.39 Å². The molecular formula is C16H15FN4. The Kier molecular flexibility index (Phi) is 3.17. The zero-order valence-corrected chi connectivity index (χ0v) is 11.8. The van der Waals surface area contributed by atoms with E-state index in [1.807, 2.05) is 32.0 Å². The largest absolute Gasteiger partial charge is 0.382 e. The molecule has 0 fully saturated rings. The first-order chi connectivity index (χ1) is 10.1. The molecule has 2 aromatic carbocycles. The average molecular weight is 282 g/mol. The highest BCUT2D eigenvalue weighted by Crippen LogP contribution is 2.29. The van der Waals surface area contributed by atoms with Crippen LogP contribution < -0.4 is 5.73 Å². The number of hydrogen-bond donors (Lipinski definition) is 1. The second-order valence-electron chi connectivity index (χ2n) is 5.00. The summed E-state index contributed by atoms with van der Waals surface area (Å²) < 4.78 is 15.2. The van der Waals surface area contributed by atoms with Crippen LogP contribution in [-0.4, -0.2) is 15.0 Å². The van der Waals surface area contributed by atoms with Crippen molar-refractivity contribution in [2.45, 2.75) is 13.8 Å². The van der Waals surface area contributed by atoms with Gasteiger partial charge >= 0.3 is 0 Å². The molecule has 3 aromatic rings. The Hall–Kier alpha value is -2.69. The van der Waals surface area contributed by atoms with Gasteiger partial charge in [-0.05, 0) is 37.6 Å². The summed E-state index contributed by atoms with van der Waals surface area (Å²) >= 11 is 0. The van der Waals surface area contributed by atoms with Gasteiger partial charge in [-0.15, -0.1) is 5.10 Å². The third-order valence-electron chi connectivity index (χ3n) is 3.43. The van der Waals surface area contributed by atoms with E-state index in [0.29, 0.717) is 17.2 Å². The van der Waals surface area contributed by atoms with Gasteiger partial charge in [0.05, 0.1) is 0 Å². The van der Waals surface area contributed by atoms with Crippen molar-refractivity contribution in [2.24, 2.45) is 0 Å². The van der Waals surface area contributed by atoms with Crippen molar-refractivity contribution in [2.75, 3.05) is 5.73 Å². The van der Waals surface area contributed by atoms with Crippen LogP contribution in [0.15, 0.2) is 42.5 Å². The third kappa shape index (κ3) is 2.27. The Morgan fingerprint density at radius 1 is 1.10 bits per heavy atom. The first-order valence-electron chi connectivity index (χ1n) is 6.61. The summed E-state index contributed by atoms with van der Waals surface area (Å²) in [5, 5.41) is 8.12. The molecule has 0 radical (unpaired) electrons. The van der Waals surface area contributed by atoms with Crippen molar-refractivity contribution in [1.82, 2.24) is 15.0 Å². The van der Waals surface area contributed by atoms with Crippen molar-refractivity contribution in [3.05, 3.63) is 59.4 Å². The number of nitrogens with zero attached hydrogens (tertiary/aromatic N) is 3. The number of benzene rings is 2. The summed E-state index contributed by atoms with van der Waals surface area (Å²) in [4.78, 5) is 0. The second-order valence-corrected chi connectivity index (χ2v) is 5.00. The molecule has 4 nitrogen and oxygen atoms in total. The zero-order valence-electron chi connectivity index (χ0n) is 11.8. The van der Waals surface area contributed by atoms with Crippen LogP contribution in [-0.2, 0) is 0 Å². The molecule has 21 heavy (non-hydrogen) atoms. The van der Waals surface area contributed by atoms with Crippen LogP contribution in [0.2, 0.25) is 0 Å². The minimum Gasteiger partial charge on any atom is -0.382 e. The van der Waals surface area contributed by atoms with Crippen LogP contribution in [0.4, 0.5) is 10.2 Å². The summed E-state index contributed by atoms with van der Waals surface area (Å²) in [6.07, 6.45) is 0. The third-order valence-corrected chi connectivity index (χ3v) is 3.43. The number of rotatable bonds is 2. The fourth-order valence-electron chi connectivity index (χ4n) is 2.27. The molecule has 0 aliphatic heterocycles. The lowest BCUT2D eigenvalue weighted by atomic mass is 10.0. The molecule has 0 aliphatic carbocycles. The van der Waals surface area contributed by atoms with Gasteiger partial charge in [-0.3, -0.25) is 0 Å². The normalized spacial score (nSPS) is 10.8. The first-order valence-corrected chi connectivity index (χ1v) is 6.61. The second kappa shape index (κ2) is 5.01. The van der Waals surface area contributed by atoms with Crippen molar-refractivity contribution in [3.63, 3.8) is 0 Å². The predicted octanol–water partition coefficient (Wildman–Crippen LogP) is 3.27. The number of halogens is 1. The topological polar surface area (TPSA) is 56.7 Å². The predicted molar refractivity (Wildman–Crippen MR) is 80.6 cm³/mol. The lowest BCUT2D eigenvalue weighted by Gasteiger charge is -2.07. The lowest BCUT2D eigenvalue weighted by Crippen LogP contribution is -2.04. The van der Waals surface area contributed by atoms with Gasteiger partial charge in [-0.1, -0.05) is 35.0 Å². The van der Waals surface area contributed by atoms with Gasteiger partial charge in [-0.2, -0.15) is 4.68 Å². The Bertz CT molecular complexity index is 808. The minimum absolute atomic E-state index is 0.291. The maximum absolute atomic E-state index is 13.9. The standard InChI is InChI=1S/C16H15FN4/c1-10-7-8-11(2)12(9-10)15-16(18)21(20-19-15)14-6-4-3-5-13(14)17/h3-9H,18H2,1-2H3. The number of aromatic nitrogens is 3. The molecule has 1 heterocycles. The summed E-state index contributed by atoms with van der Waals surface area (Å²) in [6, 6.07) is 12.4. The molecule has 0 unspecified atom stereocenters. The number of aryl methyl sites for hydroxylation is 2. The lowest BCUT2D eigenvalue weighted by molar-refractivity contribution is 0.608. The molecular weight excluding hydrogens is 267 g/mol. The van der Waals surface area contributed by atoms with Gasteiger partial charge in [0.25, 0.3) is 0 Å². The molecule has 0 saturated carbocycles. The van der Waals surface area contributed by atoms with Crippen molar-refractivity contribution >= 4 is 5.82 Å². The summed E-state index contributed by atoms with van der Waals surface area (Å²) in [7, 11) is 0. The van der Waals surface area contributed by atoms with Crippen LogP contribution in [0.1, 0.15) is 11.1 Å². The molecule has 0 saturated heterocycles. The van der Waals surface area contributed by atoms with Gasteiger partial charge in [0.1, 0.15) is 17.2 Å². The Balaban J connectivity index is 2.16. The smallest absolute Gasteiger partial charge is 0.156 e. The molecule has 106 valence electrons. The van der Waals surface area contributed by atoms with E-state index in [1.54, 1.807) is 18.2 Å². The zero-order chi connectivity index (χ0) is 15.0.